The van der Waals surface area contributed by atoms with Crippen molar-refractivity contribution in [2.75, 3.05) is 12.9 Å². The van der Waals surface area contributed by atoms with E-state index in [4.69, 9.17) is 15.2 Å². The van der Waals surface area contributed by atoms with Crippen molar-refractivity contribution in [3.63, 3.8) is 0 Å². The standard InChI is InChI=1S/C16H20N4O3S/c1-4-8-20-15(18-19-16(20)24-10-14(17)21)11(2)23-13-7-5-6-12(9-13)22-3/h4-7,9,11H,1,8,10H2,2-3H3,(H2,17,21). The van der Waals surface area contributed by atoms with Gasteiger partial charge in [-0.05, 0) is 19.1 Å². The number of carbonyl (C=O) groups is 1. The van der Waals surface area contributed by atoms with Gasteiger partial charge in [-0.3, -0.25) is 9.36 Å². The average Bonchev–Trinajstić information content (AvgIpc) is 2.96. The summed E-state index contributed by atoms with van der Waals surface area (Å²) < 4.78 is 13.0. The maximum absolute atomic E-state index is 11.0. The number of primary amides is 1. The summed E-state index contributed by atoms with van der Waals surface area (Å²) in [6.07, 6.45) is 1.40. The molecule has 2 rings (SSSR count). The molecule has 1 amide bonds. The monoisotopic (exact) mass is 348 g/mol. The summed E-state index contributed by atoms with van der Waals surface area (Å²) in [4.78, 5) is 11.0. The molecule has 128 valence electrons. The molecule has 0 aliphatic rings. The second-order valence-electron chi connectivity index (χ2n) is 4.93. The molecule has 8 heteroatoms. The number of carbonyl (C=O) groups excluding carboxylic acids is 1. The highest BCUT2D eigenvalue weighted by molar-refractivity contribution is 7.99. The molecule has 1 unspecified atom stereocenters. The van der Waals surface area contributed by atoms with E-state index in [0.717, 1.165) is 0 Å². The van der Waals surface area contributed by atoms with Crippen molar-refractivity contribution in [2.24, 2.45) is 5.73 Å². The summed E-state index contributed by atoms with van der Waals surface area (Å²) in [5, 5.41) is 8.91. The minimum Gasteiger partial charge on any atom is -0.497 e. The Morgan fingerprint density at radius 1 is 1.46 bits per heavy atom. The van der Waals surface area contributed by atoms with Crippen LogP contribution in [0.4, 0.5) is 0 Å². The van der Waals surface area contributed by atoms with E-state index < -0.39 is 5.91 Å². The average molecular weight is 348 g/mol. The van der Waals surface area contributed by atoms with Crippen molar-refractivity contribution in [3.05, 3.63) is 42.7 Å². The Labute approximate surface area is 144 Å². The van der Waals surface area contributed by atoms with E-state index in [1.54, 1.807) is 19.3 Å². The summed E-state index contributed by atoms with van der Waals surface area (Å²) in [7, 11) is 1.60. The molecule has 2 aromatic rings. The van der Waals surface area contributed by atoms with Gasteiger partial charge in [0.25, 0.3) is 0 Å². The fraction of sp³-hybridized carbons (Fsp3) is 0.312. The molecular weight excluding hydrogens is 328 g/mol. The van der Waals surface area contributed by atoms with Gasteiger partial charge in [0.05, 0.1) is 12.9 Å². The zero-order chi connectivity index (χ0) is 17.5. The lowest BCUT2D eigenvalue weighted by Gasteiger charge is -2.16. The van der Waals surface area contributed by atoms with Gasteiger partial charge in [-0.1, -0.05) is 23.9 Å². The zero-order valence-electron chi connectivity index (χ0n) is 13.6. The van der Waals surface area contributed by atoms with Gasteiger partial charge in [0.2, 0.25) is 5.91 Å². The summed E-state index contributed by atoms with van der Waals surface area (Å²) >= 11 is 1.24. The summed E-state index contributed by atoms with van der Waals surface area (Å²) in [6.45, 7) is 6.13. The number of allylic oxidation sites excluding steroid dienone is 1. The van der Waals surface area contributed by atoms with Crippen molar-refractivity contribution >= 4 is 17.7 Å². The van der Waals surface area contributed by atoms with Crippen LogP contribution in [0.5, 0.6) is 11.5 Å². The number of benzene rings is 1. The van der Waals surface area contributed by atoms with E-state index in [2.05, 4.69) is 16.8 Å². The first-order chi connectivity index (χ1) is 11.5. The number of ether oxygens (including phenoxy) is 2. The molecule has 0 aliphatic heterocycles. The molecule has 0 bridgehead atoms. The van der Waals surface area contributed by atoms with Gasteiger partial charge >= 0.3 is 0 Å². The number of amides is 1. The number of rotatable bonds is 9. The van der Waals surface area contributed by atoms with E-state index in [1.165, 1.54) is 11.8 Å². The third-order valence-corrected chi connectivity index (χ3v) is 4.11. The Bertz CT molecular complexity index is 717. The molecule has 1 aromatic heterocycles. The zero-order valence-corrected chi connectivity index (χ0v) is 14.5. The van der Waals surface area contributed by atoms with Gasteiger partial charge in [-0.25, -0.2) is 0 Å². The normalized spacial score (nSPS) is 11.8. The highest BCUT2D eigenvalue weighted by atomic mass is 32.2. The number of aromatic nitrogens is 3. The van der Waals surface area contributed by atoms with Crippen LogP contribution in [-0.4, -0.2) is 33.5 Å². The number of methoxy groups -OCH3 is 1. The number of nitrogens with two attached hydrogens (primary N) is 1. The van der Waals surface area contributed by atoms with Gasteiger partial charge in [0.15, 0.2) is 17.1 Å². The minimum atomic E-state index is -0.407. The van der Waals surface area contributed by atoms with E-state index >= 15 is 0 Å². The second kappa shape index (κ2) is 8.39. The van der Waals surface area contributed by atoms with Crippen LogP contribution in [0.25, 0.3) is 0 Å². The quantitative estimate of drug-likeness (QED) is 0.552. The van der Waals surface area contributed by atoms with Gasteiger partial charge in [-0.15, -0.1) is 16.8 Å². The Hall–Kier alpha value is -2.48. The van der Waals surface area contributed by atoms with Crippen LogP contribution in [0.15, 0.2) is 42.1 Å². The predicted octanol–water partition coefficient (Wildman–Crippen LogP) is 2.19. The SMILES string of the molecule is C=CCn1c(SCC(N)=O)nnc1C(C)Oc1cccc(OC)c1. The first-order valence-electron chi connectivity index (χ1n) is 7.31. The fourth-order valence-electron chi connectivity index (χ4n) is 2.08. The smallest absolute Gasteiger partial charge is 0.227 e. The molecule has 0 aliphatic carbocycles. The topological polar surface area (TPSA) is 92.3 Å². The Morgan fingerprint density at radius 2 is 2.21 bits per heavy atom. The van der Waals surface area contributed by atoms with Crippen LogP contribution in [0.2, 0.25) is 0 Å². The van der Waals surface area contributed by atoms with Gasteiger partial charge in [0.1, 0.15) is 11.5 Å². The Kier molecular flexibility index (Phi) is 6.25. The molecule has 0 saturated heterocycles. The lowest BCUT2D eigenvalue weighted by molar-refractivity contribution is -0.115. The maximum Gasteiger partial charge on any atom is 0.227 e. The molecule has 1 aromatic carbocycles. The first kappa shape index (κ1) is 17.9. The number of hydrogen-bond acceptors (Lipinski definition) is 6. The highest BCUT2D eigenvalue weighted by Gasteiger charge is 2.19. The molecule has 1 heterocycles. The Morgan fingerprint density at radius 3 is 2.88 bits per heavy atom. The van der Waals surface area contributed by atoms with Crippen molar-refractivity contribution in [3.8, 4) is 11.5 Å². The summed E-state index contributed by atoms with van der Waals surface area (Å²) in [5.74, 6) is 1.76. The fourth-order valence-corrected chi connectivity index (χ4v) is 2.77. The van der Waals surface area contributed by atoms with Crippen LogP contribution < -0.4 is 15.2 Å². The van der Waals surface area contributed by atoms with Crippen molar-refractivity contribution in [1.29, 1.82) is 0 Å². The number of nitrogens with zero attached hydrogens (tertiary/aromatic N) is 3. The maximum atomic E-state index is 11.0. The van der Waals surface area contributed by atoms with E-state index in [0.29, 0.717) is 29.0 Å². The molecule has 7 nitrogen and oxygen atoms in total. The molecule has 0 radical (unpaired) electrons. The Balaban J connectivity index is 2.19. The molecule has 0 fully saturated rings. The molecule has 24 heavy (non-hydrogen) atoms. The van der Waals surface area contributed by atoms with Crippen LogP contribution >= 0.6 is 11.8 Å². The van der Waals surface area contributed by atoms with E-state index in [1.807, 2.05) is 29.7 Å². The minimum absolute atomic E-state index is 0.139. The molecule has 1 atom stereocenters. The van der Waals surface area contributed by atoms with Crippen molar-refractivity contribution < 1.29 is 14.3 Å². The molecule has 2 N–H and O–H groups in total. The third kappa shape index (κ3) is 4.51. The van der Waals surface area contributed by atoms with Crippen molar-refractivity contribution in [2.45, 2.75) is 24.7 Å². The first-order valence-corrected chi connectivity index (χ1v) is 8.29. The van der Waals surface area contributed by atoms with Gasteiger partial charge in [-0.2, -0.15) is 0 Å². The van der Waals surface area contributed by atoms with Crippen LogP contribution in [0.1, 0.15) is 18.9 Å². The largest absolute Gasteiger partial charge is 0.497 e. The summed E-state index contributed by atoms with van der Waals surface area (Å²) in [6, 6.07) is 7.34. The van der Waals surface area contributed by atoms with Crippen LogP contribution in [0.3, 0.4) is 0 Å². The molecule has 0 spiro atoms. The summed E-state index contributed by atoms with van der Waals surface area (Å²) in [5.41, 5.74) is 5.19. The second-order valence-corrected chi connectivity index (χ2v) is 5.88. The molecule has 0 saturated carbocycles. The predicted molar refractivity (Wildman–Crippen MR) is 92.2 cm³/mol. The van der Waals surface area contributed by atoms with Crippen LogP contribution in [0, 0.1) is 0 Å². The third-order valence-electron chi connectivity index (χ3n) is 3.12. The van der Waals surface area contributed by atoms with E-state index in [-0.39, 0.29) is 11.9 Å². The van der Waals surface area contributed by atoms with Crippen molar-refractivity contribution in [1.82, 2.24) is 14.8 Å². The lowest BCUT2D eigenvalue weighted by Crippen LogP contribution is -2.15. The van der Waals surface area contributed by atoms with Crippen LogP contribution in [-0.2, 0) is 11.3 Å². The molecular formula is C16H20N4O3S. The van der Waals surface area contributed by atoms with Gasteiger partial charge < -0.3 is 15.2 Å². The van der Waals surface area contributed by atoms with E-state index in [9.17, 15) is 4.79 Å². The lowest BCUT2D eigenvalue weighted by atomic mass is 10.3. The number of hydrogen-bond donors (Lipinski definition) is 1. The highest BCUT2D eigenvalue weighted by Crippen LogP contribution is 2.26. The van der Waals surface area contributed by atoms with Gasteiger partial charge in [0, 0.05) is 12.6 Å². The number of thioether (sulfide) groups is 1.